The Morgan fingerprint density at radius 1 is 0.625 bits per heavy atom. The number of aliphatic hydroxyl groups excluding tert-OH is 1. The Morgan fingerprint density at radius 2 is 1.19 bits per heavy atom. The molecule has 0 spiro atoms. The van der Waals surface area contributed by atoms with Gasteiger partial charge in [0, 0.05) is 26.1 Å². The van der Waals surface area contributed by atoms with Crippen LogP contribution in [0.15, 0.2) is 0 Å². The fraction of sp³-hybridized carbons (Fsp3) is 0.963. The fourth-order valence-corrected chi connectivity index (χ4v) is 4.18. The first-order valence-electron chi connectivity index (χ1n) is 14.0. The van der Waals surface area contributed by atoms with Gasteiger partial charge >= 0.3 is 0 Å². The van der Waals surface area contributed by atoms with Crippen LogP contribution in [0.4, 0.5) is 0 Å². The summed E-state index contributed by atoms with van der Waals surface area (Å²) in [5.74, 6) is 0.167. The summed E-state index contributed by atoms with van der Waals surface area (Å²) in [6, 6.07) is 0. The SMILES string of the molecule is CCCCCCCCCCCCCCCCNC(=O)CCNCCCN(CCC)CCO. The van der Waals surface area contributed by atoms with Crippen molar-refractivity contribution in [3.63, 3.8) is 0 Å². The number of amides is 1. The summed E-state index contributed by atoms with van der Waals surface area (Å²) in [6.45, 7) is 9.99. The molecule has 1 amide bonds. The third kappa shape index (κ3) is 24.0. The van der Waals surface area contributed by atoms with Gasteiger partial charge in [-0.3, -0.25) is 4.79 Å². The minimum absolute atomic E-state index is 0.167. The highest BCUT2D eigenvalue weighted by Gasteiger charge is 2.03. The topological polar surface area (TPSA) is 64.6 Å². The minimum atomic E-state index is 0.167. The molecule has 5 nitrogen and oxygen atoms in total. The van der Waals surface area contributed by atoms with Crippen molar-refractivity contribution in [2.75, 3.05) is 45.9 Å². The van der Waals surface area contributed by atoms with Crippen LogP contribution < -0.4 is 10.6 Å². The van der Waals surface area contributed by atoms with E-state index in [0.29, 0.717) is 6.42 Å². The molecular weight excluding hydrogens is 398 g/mol. The zero-order valence-corrected chi connectivity index (χ0v) is 21.8. The van der Waals surface area contributed by atoms with Crippen LogP contribution >= 0.6 is 0 Å². The number of nitrogens with zero attached hydrogens (tertiary/aromatic N) is 1. The Kier molecular flexibility index (Phi) is 26.1. The second-order valence-electron chi connectivity index (χ2n) is 9.36. The van der Waals surface area contributed by atoms with Gasteiger partial charge < -0.3 is 20.6 Å². The molecule has 0 aliphatic carbocycles. The first kappa shape index (κ1) is 31.4. The van der Waals surface area contributed by atoms with Crippen molar-refractivity contribution < 1.29 is 9.90 Å². The first-order valence-corrected chi connectivity index (χ1v) is 14.0. The maximum atomic E-state index is 11.9. The molecule has 0 aromatic rings. The molecule has 0 aromatic heterocycles. The van der Waals surface area contributed by atoms with E-state index in [1.54, 1.807) is 0 Å². The van der Waals surface area contributed by atoms with Gasteiger partial charge in [-0.05, 0) is 38.9 Å². The van der Waals surface area contributed by atoms with Crippen LogP contribution in [0.1, 0.15) is 123 Å². The molecule has 0 fully saturated rings. The second-order valence-corrected chi connectivity index (χ2v) is 9.36. The number of carbonyl (C=O) groups excluding carboxylic acids is 1. The zero-order valence-electron chi connectivity index (χ0n) is 21.8. The van der Waals surface area contributed by atoms with Gasteiger partial charge in [0.2, 0.25) is 5.91 Å². The lowest BCUT2D eigenvalue weighted by atomic mass is 10.0. The quantitative estimate of drug-likeness (QED) is 0.147. The van der Waals surface area contributed by atoms with Gasteiger partial charge in [0.25, 0.3) is 0 Å². The fourth-order valence-electron chi connectivity index (χ4n) is 4.18. The number of hydrogen-bond acceptors (Lipinski definition) is 4. The Hall–Kier alpha value is -0.650. The molecule has 0 heterocycles. The molecule has 3 N–H and O–H groups in total. The highest BCUT2D eigenvalue weighted by Crippen LogP contribution is 2.12. The van der Waals surface area contributed by atoms with Gasteiger partial charge in [-0.25, -0.2) is 0 Å². The standard InChI is InChI=1S/C27H57N3O2/c1-3-5-6-7-8-9-10-11-12-13-14-15-16-17-21-29-27(32)19-22-28-20-18-24-30(23-4-2)25-26-31/h28,31H,3-26H2,1-2H3,(H,29,32). The predicted molar refractivity (Wildman–Crippen MR) is 139 cm³/mol. The van der Waals surface area contributed by atoms with Crippen molar-refractivity contribution in [2.45, 2.75) is 123 Å². The van der Waals surface area contributed by atoms with Gasteiger partial charge in [-0.2, -0.15) is 0 Å². The molecule has 32 heavy (non-hydrogen) atoms. The van der Waals surface area contributed by atoms with E-state index in [1.807, 2.05) is 0 Å². The lowest BCUT2D eigenvalue weighted by molar-refractivity contribution is -0.121. The smallest absolute Gasteiger partial charge is 0.221 e. The van der Waals surface area contributed by atoms with Crippen molar-refractivity contribution in [2.24, 2.45) is 0 Å². The van der Waals surface area contributed by atoms with E-state index in [9.17, 15) is 4.79 Å². The van der Waals surface area contributed by atoms with Crippen LogP contribution in [0.2, 0.25) is 0 Å². The van der Waals surface area contributed by atoms with Gasteiger partial charge in [0.1, 0.15) is 0 Å². The van der Waals surface area contributed by atoms with Crippen LogP contribution in [0, 0.1) is 0 Å². The first-order chi connectivity index (χ1) is 15.7. The number of unbranched alkanes of at least 4 members (excludes halogenated alkanes) is 13. The largest absolute Gasteiger partial charge is 0.395 e. The molecule has 5 heteroatoms. The summed E-state index contributed by atoms with van der Waals surface area (Å²) in [6.07, 6.45) is 21.8. The van der Waals surface area contributed by atoms with E-state index in [-0.39, 0.29) is 12.5 Å². The van der Waals surface area contributed by atoms with E-state index in [2.05, 4.69) is 29.4 Å². The van der Waals surface area contributed by atoms with Crippen LogP contribution in [0.3, 0.4) is 0 Å². The number of nitrogens with one attached hydrogen (secondary N) is 2. The predicted octanol–water partition coefficient (Wildman–Crippen LogP) is 5.66. The summed E-state index contributed by atoms with van der Waals surface area (Å²) in [5.41, 5.74) is 0. The molecule has 0 aliphatic heterocycles. The van der Waals surface area contributed by atoms with Gasteiger partial charge in [0.05, 0.1) is 6.61 Å². The Balaban J connectivity index is 3.27. The normalized spacial score (nSPS) is 11.4. The number of aliphatic hydroxyl groups is 1. The minimum Gasteiger partial charge on any atom is -0.395 e. The van der Waals surface area contributed by atoms with Gasteiger partial charge in [0.15, 0.2) is 0 Å². The maximum absolute atomic E-state index is 11.9. The number of hydrogen-bond donors (Lipinski definition) is 3. The lowest BCUT2D eigenvalue weighted by Gasteiger charge is -2.20. The summed E-state index contributed by atoms with van der Waals surface area (Å²) >= 11 is 0. The molecule has 0 radical (unpaired) electrons. The molecule has 0 aromatic carbocycles. The monoisotopic (exact) mass is 455 g/mol. The zero-order chi connectivity index (χ0) is 23.5. The highest BCUT2D eigenvalue weighted by molar-refractivity contribution is 5.75. The summed E-state index contributed by atoms with van der Waals surface area (Å²) in [5, 5.41) is 15.5. The molecule has 0 saturated carbocycles. The Bertz CT molecular complexity index is 374. The summed E-state index contributed by atoms with van der Waals surface area (Å²) in [7, 11) is 0. The van der Waals surface area contributed by atoms with Crippen molar-refractivity contribution >= 4 is 5.91 Å². The van der Waals surface area contributed by atoms with E-state index in [1.165, 1.54) is 83.5 Å². The van der Waals surface area contributed by atoms with Crippen LogP contribution in [-0.2, 0) is 4.79 Å². The molecule has 0 atom stereocenters. The second kappa shape index (κ2) is 26.6. The molecule has 192 valence electrons. The highest BCUT2D eigenvalue weighted by atomic mass is 16.3. The van der Waals surface area contributed by atoms with Gasteiger partial charge in [-0.1, -0.05) is 97.3 Å². The van der Waals surface area contributed by atoms with Crippen molar-refractivity contribution in [1.82, 2.24) is 15.5 Å². The molecular formula is C27H57N3O2. The molecule has 0 bridgehead atoms. The molecule has 0 saturated heterocycles. The lowest BCUT2D eigenvalue weighted by Crippen LogP contribution is -2.32. The molecule has 0 rings (SSSR count). The number of carbonyl (C=O) groups is 1. The number of rotatable bonds is 26. The third-order valence-electron chi connectivity index (χ3n) is 6.17. The summed E-state index contributed by atoms with van der Waals surface area (Å²) in [4.78, 5) is 14.2. The average molecular weight is 456 g/mol. The van der Waals surface area contributed by atoms with Crippen LogP contribution in [0.25, 0.3) is 0 Å². The summed E-state index contributed by atoms with van der Waals surface area (Å²) < 4.78 is 0. The molecule has 0 unspecified atom stereocenters. The van der Waals surface area contributed by atoms with E-state index < -0.39 is 0 Å². The van der Waals surface area contributed by atoms with Crippen molar-refractivity contribution in [1.29, 1.82) is 0 Å². The maximum Gasteiger partial charge on any atom is 0.221 e. The van der Waals surface area contributed by atoms with E-state index in [4.69, 9.17) is 5.11 Å². The van der Waals surface area contributed by atoms with Gasteiger partial charge in [-0.15, -0.1) is 0 Å². The average Bonchev–Trinajstić information content (AvgIpc) is 2.79. The van der Waals surface area contributed by atoms with Crippen LogP contribution in [-0.4, -0.2) is 61.8 Å². The van der Waals surface area contributed by atoms with E-state index >= 15 is 0 Å². The van der Waals surface area contributed by atoms with Crippen LogP contribution in [0.5, 0.6) is 0 Å². The van der Waals surface area contributed by atoms with Crippen molar-refractivity contribution in [3.05, 3.63) is 0 Å². The Labute approximate surface area is 200 Å². The Morgan fingerprint density at radius 3 is 1.72 bits per heavy atom. The third-order valence-corrected chi connectivity index (χ3v) is 6.17. The molecule has 0 aliphatic rings. The van der Waals surface area contributed by atoms with Crippen molar-refractivity contribution in [3.8, 4) is 0 Å². The van der Waals surface area contributed by atoms with E-state index in [0.717, 1.165) is 58.5 Å².